The van der Waals surface area contributed by atoms with Gasteiger partial charge < -0.3 is 0 Å². The van der Waals surface area contributed by atoms with E-state index in [1.807, 2.05) is 0 Å². The third kappa shape index (κ3) is 3.10. The predicted molar refractivity (Wildman–Crippen MR) is 134 cm³/mol. The lowest BCUT2D eigenvalue weighted by atomic mass is 9.83. The van der Waals surface area contributed by atoms with E-state index in [0.29, 0.717) is 42.0 Å². The average molecular weight is 588 g/mol. The Kier molecular flexibility index (Phi) is 5.44. The van der Waals surface area contributed by atoms with Crippen molar-refractivity contribution < 1.29 is 19.2 Å². The molecule has 0 unspecified atom stereocenters. The molecule has 0 spiro atoms. The van der Waals surface area contributed by atoms with Gasteiger partial charge in [0.2, 0.25) is 0 Å². The number of carbonyl (C=O) groups is 4. The number of hydrogen-bond donors (Lipinski definition) is 0. The highest BCUT2D eigenvalue weighted by molar-refractivity contribution is 9.11. The number of imide groups is 2. The van der Waals surface area contributed by atoms with Gasteiger partial charge >= 0.3 is 0 Å². The minimum absolute atomic E-state index is 0.119. The van der Waals surface area contributed by atoms with Gasteiger partial charge in [0.05, 0.1) is 11.1 Å². The first-order valence-electron chi connectivity index (χ1n) is 12.1. The molecule has 6 rings (SSSR count). The molecule has 2 saturated carbocycles. The minimum atomic E-state index is -0.346. The fraction of sp³-hybridized carbons (Fsp3) is 0.462. The Labute approximate surface area is 214 Å². The van der Waals surface area contributed by atoms with Gasteiger partial charge in [-0.1, -0.05) is 38.5 Å². The SMILES string of the molecule is O=C1c2cc(Br)c3c4c(c(Br)cc(c24)C(=O)N1C1CCCCC1)C(=O)N(C1CCCCC1)C3=O. The van der Waals surface area contributed by atoms with Crippen LogP contribution in [0.5, 0.6) is 0 Å². The number of amides is 4. The highest BCUT2D eigenvalue weighted by Crippen LogP contribution is 2.45. The van der Waals surface area contributed by atoms with E-state index in [1.54, 1.807) is 12.1 Å². The van der Waals surface area contributed by atoms with Gasteiger partial charge in [-0.05, 0) is 69.7 Å². The summed E-state index contributed by atoms with van der Waals surface area (Å²) in [6, 6.07) is 3.10. The summed E-state index contributed by atoms with van der Waals surface area (Å²) in [6.07, 6.45) is 9.41. The van der Waals surface area contributed by atoms with Crippen molar-refractivity contribution in [3.05, 3.63) is 43.3 Å². The van der Waals surface area contributed by atoms with Crippen molar-refractivity contribution in [1.82, 2.24) is 9.80 Å². The number of hydrogen-bond acceptors (Lipinski definition) is 4. The molecule has 2 aliphatic carbocycles. The summed E-state index contributed by atoms with van der Waals surface area (Å²) in [5.41, 5.74) is 1.50. The van der Waals surface area contributed by atoms with Gasteiger partial charge in [0.1, 0.15) is 0 Å². The molecule has 0 saturated heterocycles. The van der Waals surface area contributed by atoms with E-state index in [4.69, 9.17) is 0 Å². The van der Waals surface area contributed by atoms with E-state index in [1.165, 1.54) is 9.80 Å². The van der Waals surface area contributed by atoms with Crippen molar-refractivity contribution in [2.45, 2.75) is 76.3 Å². The second-order valence-electron chi connectivity index (χ2n) is 9.86. The summed E-state index contributed by atoms with van der Waals surface area (Å²) in [4.78, 5) is 57.6. The first kappa shape index (κ1) is 22.4. The molecule has 2 aromatic carbocycles. The first-order valence-corrected chi connectivity index (χ1v) is 13.7. The molecule has 34 heavy (non-hydrogen) atoms. The van der Waals surface area contributed by atoms with E-state index in [0.717, 1.165) is 64.2 Å². The summed E-state index contributed by atoms with van der Waals surface area (Å²) < 4.78 is 0.981. The molecule has 2 aromatic rings. The largest absolute Gasteiger partial charge is 0.271 e. The Bertz CT molecular complexity index is 1220. The second-order valence-corrected chi connectivity index (χ2v) is 11.6. The second kappa shape index (κ2) is 8.26. The molecule has 0 bridgehead atoms. The van der Waals surface area contributed by atoms with Gasteiger partial charge in [-0.3, -0.25) is 29.0 Å². The lowest BCUT2D eigenvalue weighted by Gasteiger charge is -2.39. The molecule has 4 amide bonds. The van der Waals surface area contributed by atoms with Crippen molar-refractivity contribution in [3.8, 4) is 0 Å². The molecule has 8 heteroatoms. The molecule has 0 aromatic heterocycles. The molecule has 0 radical (unpaired) electrons. The van der Waals surface area contributed by atoms with E-state index in [2.05, 4.69) is 31.9 Å². The molecule has 2 fully saturated rings. The van der Waals surface area contributed by atoms with Crippen LogP contribution >= 0.6 is 31.9 Å². The van der Waals surface area contributed by atoms with E-state index >= 15 is 0 Å². The number of halogens is 2. The normalized spacial score (nSPS) is 21.7. The van der Waals surface area contributed by atoms with Crippen LogP contribution in [0, 0.1) is 0 Å². The molecule has 0 atom stereocenters. The zero-order valence-corrected chi connectivity index (χ0v) is 21.8. The minimum Gasteiger partial charge on any atom is -0.271 e. The van der Waals surface area contributed by atoms with Gasteiger partial charge in [0, 0.05) is 42.9 Å². The lowest BCUT2D eigenvalue weighted by Crippen LogP contribution is -2.50. The summed E-state index contributed by atoms with van der Waals surface area (Å²) in [7, 11) is 0. The van der Waals surface area contributed by atoms with Crippen molar-refractivity contribution in [1.29, 1.82) is 0 Å². The maximum absolute atomic E-state index is 13.7. The standard InChI is InChI=1S/C26H24Br2N2O4/c27-17-11-15-19-16(24(32)29(23(15)31)13-7-3-1-4-8-13)12-18(28)21-22(19)20(17)25(33)30(26(21)34)14-9-5-2-6-10-14/h11-14H,1-10H2. The summed E-state index contributed by atoms with van der Waals surface area (Å²) >= 11 is 7.10. The Morgan fingerprint density at radius 2 is 0.941 bits per heavy atom. The molecular weight excluding hydrogens is 564 g/mol. The van der Waals surface area contributed by atoms with Crippen LogP contribution in [0.25, 0.3) is 10.8 Å². The smallest absolute Gasteiger partial charge is 0.262 e. The summed E-state index contributed by atoms with van der Waals surface area (Å²) in [5, 5.41) is 0.851. The zero-order chi connectivity index (χ0) is 23.7. The maximum atomic E-state index is 13.7. The van der Waals surface area contributed by atoms with E-state index in [9.17, 15) is 19.2 Å². The van der Waals surface area contributed by atoms with Crippen LogP contribution in [0.15, 0.2) is 21.1 Å². The Hall–Kier alpha value is -2.06. The van der Waals surface area contributed by atoms with Crippen molar-refractivity contribution >= 4 is 66.3 Å². The molecule has 6 nitrogen and oxygen atoms in total. The van der Waals surface area contributed by atoms with Crippen molar-refractivity contribution in [2.75, 3.05) is 0 Å². The average Bonchev–Trinajstić information content (AvgIpc) is 2.83. The highest BCUT2D eigenvalue weighted by atomic mass is 79.9. The highest BCUT2D eigenvalue weighted by Gasteiger charge is 2.45. The Morgan fingerprint density at radius 3 is 1.35 bits per heavy atom. The number of carbonyl (C=O) groups excluding carboxylic acids is 4. The first-order chi connectivity index (χ1) is 16.4. The van der Waals surface area contributed by atoms with Crippen molar-refractivity contribution in [3.63, 3.8) is 0 Å². The van der Waals surface area contributed by atoms with E-state index in [-0.39, 0.29) is 35.7 Å². The van der Waals surface area contributed by atoms with Crippen LogP contribution in [-0.2, 0) is 0 Å². The fourth-order valence-electron chi connectivity index (χ4n) is 6.35. The number of benzene rings is 2. The van der Waals surface area contributed by atoms with Gasteiger partial charge in [0.15, 0.2) is 0 Å². The van der Waals surface area contributed by atoms with E-state index < -0.39 is 0 Å². The van der Waals surface area contributed by atoms with Crippen LogP contribution in [0.1, 0.15) is 106 Å². The fourth-order valence-corrected chi connectivity index (χ4v) is 7.55. The van der Waals surface area contributed by atoms with Gasteiger partial charge in [-0.2, -0.15) is 0 Å². The van der Waals surface area contributed by atoms with Crippen LogP contribution in [-0.4, -0.2) is 45.5 Å². The molecule has 176 valence electrons. The molecule has 2 aliphatic heterocycles. The third-order valence-electron chi connectivity index (χ3n) is 7.95. The van der Waals surface area contributed by atoms with Gasteiger partial charge in [-0.25, -0.2) is 0 Å². The van der Waals surface area contributed by atoms with Gasteiger partial charge in [-0.15, -0.1) is 0 Å². The molecular formula is C26H24Br2N2O4. The zero-order valence-electron chi connectivity index (χ0n) is 18.7. The topological polar surface area (TPSA) is 74.8 Å². The number of rotatable bonds is 2. The van der Waals surface area contributed by atoms with Crippen LogP contribution in [0.3, 0.4) is 0 Å². The Morgan fingerprint density at radius 1 is 0.559 bits per heavy atom. The summed E-state index contributed by atoms with van der Waals surface area (Å²) in [6.45, 7) is 0. The molecule has 4 aliphatic rings. The third-order valence-corrected chi connectivity index (χ3v) is 9.20. The number of nitrogens with zero attached hydrogens (tertiary/aromatic N) is 2. The maximum Gasteiger partial charge on any atom is 0.262 e. The van der Waals surface area contributed by atoms with Gasteiger partial charge in [0.25, 0.3) is 23.6 Å². The predicted octanol–water partition coefficient (Wildman–Crippen LogP) is 6.22. The van der Waals surface area contributed by atoms with Crippen LogP contribution in [0.4, 0.5) is 0 Å². The van der Waals surface area contributed by atoms with Crippen molar-refractivity contribution in [2.24, 2.45) is 0 Å². The Balaban J connectivity index is 1.57. The quantitative estimate of drug-likeness (QED) is 0.391. The lowest BCUT2D eigenvalue weighted by molar-refractivity contribution is 0.0480. The molecule has 2 heterocycles. The van der Waals surface area contributed by atoms with Crippen LogP contribution < -0.4 is 0 Å². The van der Waals surface area contributed by atoms with Crippen LogP contribution in [0.2, 0.25) is 0 Å². The monoisotopic (exact) mass is 586 g/mol. The summed E-state index contributed by atoms with van der Waals surface area (Å²) in [5.74, 6) is -1.36. The molecule has 0 N–H and O–H groups in total.